The molecule has 5 nitrogen and oxygen atoms in total. The second-order valence-electron chi connectivity index (χ2n) is 5.28. The normalized spacial score (nSPS) is 13.6. The van der Waals surface area contributed by atoms with E-state index in [0.717, 1.165) is 12.0 Å². The van der Waals surface area contributed by atoms with Crippen molar-refractivity contribution in [2.75, 3.05) is 14.2 Å². The predicted molar refractivity (Wildman–Crippen MR) is 65.1 cm³/mol. The lowest BCUT2D eigenvalue weighted by atomic mass is 10.1. The second kappa shape index (κ2) is 6.81. The summed E-state index contributed by atoms with van der Waals surface area (Å²) < 4.78 is 46.1. The van der Waals surface area contributed by atoms with E-state index >= 15 is 0 Å². The molecule has 0 N–H and O–H groups in total. The molecule has 0 rings (SSSR count). The molecular formula is C12H20F3NO4. The third-order valence-electron chi connectivity index (χ3n) is 2.32. The molecule has 0 aromatic rings. The number of hydrogen-bond donors (Lipinski definition) is 0. The predicted octanol–water partition coefficient (Wildman–Crippen LogP) is 2.74. The van der Waals surface area contributed by atoms with Gasteiger partial charge in [0, 0.05) is 13.5 Å². The van der Waals surface area contributed by atoms with Crippen LogP contribution in [0.3, 0.4) is 0 Å². The number of hydrogen-bond acceptors (Lipinski definition) is 4. The standard InChI is InChI=1S/C12H20F3NO4/c1-11(2,3)20-10(18)16(4)8(9(17)19-5)6-7-12(13,14)15/h8H,6-7H2,1-5H3/t8-/m1/s1. The summed E-state index contributed by atoms with van der Waals surface area (Å²) in [5, 5.41) is 0. The van der Waals surface area contributed by atoms with Crippen LogP contribution in [0.2, 0.25) is 0 Å². The highest BCUT2D eigenvalue weighted by Crippen LogP contribution is 2.24. The molecule has 1 atom stereocenters. The van der Waals surface area contributed by atoms with E-state index in [2.05, 4.69) is 4.74 Å². The van der Waals surface area contributed by atoms with E-state index in [1.807, 2.05) is 0 Å². The van der Waals surface area contributed by atoms with Crippen LogP contribution in [0, 0.1) is 0 Å². The van der Waals surface area contributed by atoms with Crippen molar-refractivity contribution < 1.29 is 32.2 Å². The van der Waals surface area contributed by atoms with E-state index in [4.69, 9.17) is 4.74 Å². The molecule has 0 saturated carbocycles. The smallest absolute Gasteiger partial charge is 0.410 e. The molecule has 0 aromatic carbocycles. The van der Waals surface area contributed by atoms with E-state index in [1.165, 1.54) is 7.05 Å². The SMILES string of the molecule is COC(=O)[C@@H](CCC(F)(F)F)N(C)C(=O)OC(C)(C)C. The van der Waals surface area contributed by atoms with Gasteiger partial charge in [-0.25, -0.2) is 9.59 Å². The van der Waals surface area contributed by atoms with Gasteiger partial charge < -0.3 is 9.47 Å². The maximum Gasteiger partial charge on any atom is 0.410 e. The summed E-state index contributed by atoms with van der Waals surface area (Å²) in [6.45, 7) is 4.84. The number of nitrogens with zero attached hydrogens (tertiary/aromatic N) is 1. The van der Waals surface area contributed by atoms with Gasteiger partial charge in [0.05, 0.1) is 7.11 Å². The molecule has 0 heterocycles. The number of methoxy groups -OCH3 is 1. The maximum atomic E-state index is 12.2. The molecule has 0 saturated heterocycles. The minimum Gasteiger partial charge on any atom is -0.467 e. The van der Waals surface area contributed by atoms with Crippen LogP contribution >= 0.6 is 0 Å². The van der Waals surface area contributed by atoms with Crippen LogP contribution in [0.25, 0.3) is 0 Å². The molecule has 0 unspecified atom stereocenters. The van der Waals surface area contributed by atoms with Crippen molar-refractivity contribution in [1.29, 1.82) is 0 Å². The summed E-state index contributed by atoms with van der Waals surface area (Å²) in [5.41, 5.74) is -0.809. The van der Waals surface area contributed by atoms with Gasteiger partial charge in [0.25, 0.3) is 0 Å². The molecule has 8 heteroatoms. The van der Waals surface area contributed by atoms with E-state index in [-0.39, 0.29) is 0 Å². The van der Waals surface area contributed by atoms with E-state index in [9.17, 15) is 22.8 Å². The number of esters is 1. The fourth-order valence-electron chi connectivity index (χ4n) is 1.37. The number of halogens is 3. The Balaban J connectivity index is 4.85. The summed E-state index contributed by atoms with van der Waals surface area (Å²) in [5.74, 6) is -0.914. The zero-order valence-electron chi connectivity index (χ0n) is 12.2. The van der Waals surface area contributed by atoms with Crippen molar-refractivity contribution >= 4 is 12.1 Å². The van der Waals surface area contributed by atoms with Gasteiger partial charge in [0.2, 0.25) is 0 Å². The van der Waals surface area contributed by atoms with Gasteiger partial charge in [-0.2, -0.15) is 13.2 Å². The van der Waals surface area contributed by atoms with Crippen molar-refractivity contribution in [3.05, 3.63) is 0 Å². The second-order valence-corrected chi connectivity index (χ2v) is 5.28. The first-order chi connectivity index (χ1) is 8.87. The topological polar surface area (TPSA) is 55.8 Å². The van der Waals surface area contributed by atoms with Gasteiger partial charge in [-0.15, -0.1) is 0 Å². The van der Waals surface area contributed by atoms with E-state index in [0.29, 0.717) is 0 Å². The summed E-state index contributed by atoms with van der Waals surface area (Å²) in [6, 6.07) is -1.34. The Bertz CT molecular complexity index is 350. The highest BCUT2D eigenvalue weighted by Gasteiger charge is 2.35. The third-order valence-corrected chi connectivity index (χ3v) is 2.32. The minimum atomic E-state index is -4.42. The molecule has 118 valence electrons. The van der Waals surface area contributed by atoms with E-state index < -0.39 is 42.7 Å². The van der Waals surface area contributed by atoms with Crippen LogP contribution in [0.5, 0.6) is 0 Å². The summed E-state index contributed by atoms with van der Waals surface area (Å²) in [6.07, 6.45) is -7.07. The third kappa shape index (κ3) is 7.20. The molecule has 0 spiro atoms. The highest BCUT2D eigenvalue weighted by molar-refractivity contribution is 5.81. The fourth-order valence-corrected chi connectivity index (χ4v) is 1.37. The Labute approximate surface area is 116 Å². The Kier molecular flexibility index (Phi) is 6.31. The number of carbonyl (C=O) groups is 2. The van der Waals surface area contributed by atoms with Crippen molar-refractivity contribution in [3.8, 4) is 0 Å². The van der Waals surface area contributed by atoms with Crippen molar-refractivity contribution in [2.24, 2.45) is 0 Å². The van der Waals surface area contributed by atoms with Crippen LogP contribution in [-0.2, 0) is 14.3 Å². The molecule has 0 radical (unpaired) electrons. The number of ether oxygens (including phenoxy) is 2. The number of carbonyl (C=O) groups excluding carboxylic acids is 2. The molecule has 0 bridgehead atoms. The van der Waals surface area contributed by atoms with Crippen LogP contribution < -0.4 is 0 Å². The average molecular weight is 299 g/mol. The van der Waals surface area contributed by atoms with Crippen LogP contribution in [0.1, 0.15) is 33.6 Å². The Morgan fingerprint density at radius 1 is 1.20 bits per heavy atom. The molecule has 0 fully saturated rings. The molecule has 1 amide bonds. The molecule has 0 aliphatic heterocycles. The summed E-state index contributed by atoms with van der Waals surface area (Å²) in [4.78, 5) is 24.1. The van der Waals surface area contributed by atoms with Crippen LogP contribution in [0.4, 0.5) is 18.0 Å². The van der Waals surface area contributed by atoms with Crippen molar-refractivity contribution in [1.82, 2.24) is 4.90 Å². The van der Waals surface area contributed by atoms with Crippen LogP contribution in [0.15, 0.2) is 0 Å². The summed E-state index contributed by atoms with van der Waals surface area (Å²) >= 11 is 0. The quantitative estimate of drug-likeness (QED) is 0.749. The van der Waals surface area contributed by atoms with Gasteiger partial charge in [0.15, 0.2) is 0 Å². The lowest BCUT2D eigenvalue weighted by molar-refractivity contribution is -0.152. The first-order valence-corrected chi connectivity index (χ1v) is 5.98. The molecule has 0 aromatic heterocycles. The lowest BCUT2D eigenvalue weighted by Crippen LogP contribution is -2.45. The Morgan fingerprint density at radius 3 is 2.05 bits per heavy atom. The van der Waals surface area contributed by atoms with Gasteiger partial charge in [-0.05, 0) is 27.2 Å². The number of likely N-dealkylation sites (N-methyl/N-ethyl adjacent to an activating group) is 1. The number of amides is 1. The van der Waals surface area contributed by atoms with Gasteiger partial charge in [-0.1, -0.05) is 0 Å². The Hall–Kier alpha value is -1.47. The first-order valence-electron chi connectivity index (χ1n) is 5.98. The van der Waals surface area contributed by atoms with Crippen molar-refractivity contribution in [3.63, 3.8) is 0 Å². The minimum absolute atomic E-state index is 0.577. The van der Waals surface area contributed by atoms with Crippen molar-refractivity contribution in [2.45, 2.75) is 51.4 Å². The highest BCUT2D eigenvalue weighted by atomic mass is 19.4. The number of rotatable bonds is 4. The lowest BCUT2D eigenvalue weighted by Gasteiger charge is -2.29. The zero-order valence-corrected chi connectivity index (χ0v) is 12.2. The zero-order chi connectivity index (χ0) is 16.1. The maximum absolute atomic E-state index is 12.2. The summed E-state index contributed by atoms with van der Waals surface area (Å²) in [7, 11) is 2.25. The average Bonchev–Trinajstić information content (AvgIpc) is 2.24. The Morgan fingerprint density at radius 2 is 1.70 bits per heavy atom. The van der Waals surface area contributed by atoms with E-state index in [1.54, 1.807) is 20.8 Å². The first kappa shape index (κ1) is 18.5. The van der Waals surface area contributed by atoms with Gasteiger partial charge in [-0.3, -0.25) is 4.90 Å². The molecule has 0 aliphatic rings. The van der Waals surface area contributed by atoms with Crippen LogP contribution in [-0.4, -0.2) is 48.9 Å². The molecule has 20 heavy (non-hydrogen) atoms. The number of alkyl halides is 3. The fraction of sp³-hybridized carbons (Fsp3) is 0.833. The molecular weight excluding hydrogens is 279 g/mol. The van der Waals surface area contributed by atoms with Gasteiger partial charge in [0.1, 0.15) is 11.6 Å². The molecule has 0 aliphatic carbocycles. The van der Waals surface area contributed by atoms with Gasteiger partial charge >= 0.3 is 18.2 Å². The largest absolute Gasteiger partial charge is 0.467 e. The monoisotopic (exact) mass is 299 g/mol.